The molecule has 2 aromatic heterocycles. The Morgan fingerprint density at radius 3 is 2.87 bits per heavy atom. The highest BCUT2D eigenvalue weighted by Gasteiger charge is 2.48. The number of pyridine rings is 1. The van der Waals surface area contributed by atoms with Gasteiger partial charge in [0.25, 0.3) is 6.01 Å². The van der Waals surface area contributed by atoms with E-state index in [1.54, 1.807) is 6.07 Å². The minimum absolute atomic E-state index is 0.247. The third kappa shape index (κ3) is 4.07. The standard InChI is InChI=1S/C18H24ClN5O5S/c19-10-5-11-16(22-17(10)28-6-9-1-3-24(30-20)4-2-9)23-18(21-11)29-13-8-27-14-12(25)7-26-15(13)14/h5,9,12-15,25H,1-4,6-8,20H2,(H,21,22,23)/t12-,13-,14-,15?/m1/s1. The fourth-order valence-electron chi connectivity index (χ4n) is 4.10. The molecule has 12 heteroatoms. The predicted octanol–water partition coefficient (Wildman–Crippen LogP) is 1.13. The maximum Gasteiger partial charge on any atom is 0.296 e. The second kappa shape index (κ2) is 8.65. The summed E-state index contributed by atoms with van der Waals surface area (Å²) >= 11 is 7.66. The van der Waals surface area contributed by atoms with Crippen molar-refractivity contribution in [1.29, 1.82) is 0 Å². The molecule has 164 valence electrons. The van der Waals surface area contributed by atoms with Crippen molar-refractivity contribution in [3.05, 3.63) is 11.1 Å². The molecule has 0 radical (unpaired) electrons. The summed E-state index contributed by atoms with van der Waals surface area (Å²) in [5.41, 5.74) is 1.11. The number of aromatic amines is 1. The Kier molecular flexibility index (Phi) is 5.93. The zero-order chi connectivity index (χ0) is 20.7. The largest absolute Gasteiger partial charge is 0.476 e. The summed E-state index contributed by atoms with van der Waals surface area (Å²) in [6.45, 7) is 3.02. The quantitative estimate of drug-likeness (QED) is 0.543. The number of hydrogen-bond acceptors (Lipinski definition) is 10. The average molecular weight is 458 g/mol. The molecular weight excluding hydrogens is 434 g/mol. The lowest BCUT2D eigenvalue weighted by Gasteiger charge is -2.29. The van der Waals surface area contributed by atoms with Gasteiger partial charge in [-0.05, 0) is 24.8 Å². The number of halogens is 1. The first-order chi connectivity index (χ1) is 14.6. The fraction of sp³-hybridized carbons (Fsp3) is 0.667. The Bertz CT molecular complexity index is 895. The molecule has 3 aliphatic heterocycles. The van der Waals surface area contributed by atoms with Crippen molar-refractivity contribution in [1.82, 2.24) is 19.3 Å². The Labute approximate surface area is 182 Å². The van der Waals surface area contributed by atoms with E-state index in [0.29, 0.717) is 47.2 Å². The van der Waals surface area contributed by atoms with Crippen molar-refractivity contribution in [2.24, 2.45) is 11.1 Å². The van der Waals surface area contributed by atoms with Crippen LogP contribution in [0.5, 0.6) is 11.9 Å². The SMILES string of the molecule is NSN1CCC(COc2nc3nc(O[C@@H]4CO[C@H]5C4OC[C@H]5O)[nH]c3cc2Cl)CC1. The van der Waals surface area contributed by atoms with Crippen LogP contribution in [0.3, 0.4) is 0 Å². The summed E-state index contributed by atoms with van der Waals surface area (Å²) in [6, 6.07) is 2.04. The number of nitrogens with two attached hydrogens (primary N) is 1. The van der Waals surface area contributed by atoms with Crippen LogP contribution in [0.4, 0.5) is 0 Å². The molecule has 3 saturated heterocycles. The van der Waals surface area contributed by atoms with Gasteiger partial charge in [0.05, 0.1) is 25.3 Å². The third-order valence-electron chi connectivity index (χ3n) is 5.80. The highest BCUT2D eigenvalue weighted by atomic mass is 35.5. The molecule has 5 rings (SSSR count). The molecule has 2 aromatic rings. The Morgan fingerprint density at radius 1 is 1.27 bits per heavy atom. The molecule has 30 heavy (non-hydrogen) atoms. The zero-order valence-corrected chi connectivity index (χ0v) is 17.8. The summed E-state index contributed by atoms with van der Waals surface area (Å²) in [7, 11) is 0. The topological polar surface area (TPSA) is 128 Å². The lowest BCUT2D eigenvalue weighted by Crippen LogP contribution is -2.34. The van der Waals surface area contributed by atoms with Crippen LogP contribution in [0.1, 0.15) is 12.8 Å². The first-order valence-corrected chi connectivity index (χ1v) is 11.2. The van der Waals surface area contributed by atoms with Gasteiger partial charge in [-0.2, -0.15) is 9.97 Å². The van der Waals surface area contributed by atoms with Crippen molar-refractivity contribution >= 4 is 34.9 Å². The molecule has 0 aromatic carbocycles. The van der Waals surface area contributed by atoms with Gasteiger partial charge in [0.15, 0.2) is 11.8 Å². The van der Waals surface area contributed by atoms with E-state index in [2.05, 4.69) is 19.3 Å². The minimum atomic E-state index is -0.624. The summed E-state index contributed by atoms with van der Waals surface area (Å²) in [5.74, 6) is 0.807. The van der Waals surface area contributed by atoms with Crippen LogP contribution in [0, 0.1) is 5.92 Å². The molecule has 5 heterocycles. The summed E-state index contributed by atoms with van der Waals surface area (Å²) < 4.78 is 25.1. The van der Waals surface area contributed by atoms with Gasteiger partial charge >= 0.3 is 0 Å². The number of hydrogen-bond donors (Lipinski definition) is 3. The number of H-pyrrole nitrogens is 1. The fourth-order valence-corrected chi connectivity index (χ4v) is 4.73. The van der Waals surface area contributed by atoms with Gasteiger partial charge in [-0.3, -0.25) is 5.14 Å². The maximum atomic E-state index is 9.85. The lowest BCUT2D eigenvalue weighted by atomic mass is 9.99. The summed E-state index contributed by atoms with van der Waals surface area (Å²) in [6.07, 6.45) is 0.395. The molecule has 1 unspecified atom stereocenters. The number of piperidine rings is 1. The molecular formula is C18H24ClN5O5S. The van der Waals surface area contributed by atoms with Crippen LogP contribution < -0.4 is 14.6 Å². The van der Waals surface area contributed by atoms with Crippen molar-refractivity contribution in [2.45, 2.75) is 37.3 Å². The van der Waals surface area contributed by atoms with Crippen LogP contribution in [0.2, 0.25) is 5.02 Å². The molecule has 3 aliphatic rings. The molecule has 4 N–H and O–H groups in total. The monoisotopic (exact) mass is 457 g/mol. The highest BCUT2D eigenvalue weighted by molar-refractivity contribution is 7.94. The number of aliphatic hydroxyl groups excluding tert-OH is 1. The Morgan fingerprint density at radius 2 is 2.07 bits per heavy atom. The number of nitrogens with zero attached hydrogens (tertiary/aromatic N) is 3. The second-order valence-electron chi connectivity index (χ2n) is 7.80. The van der Waals surface area contributed by atoms with E-state index >= 15 is 0 Å². The summed E-state index contributed by atoms with van der Waals surface area (Å²) in [4.78, 5) is 11.9. The van der Waals surface area contributed by atoms with Crippen LogP contribution >= 0.6 is 23.7 Å². The molecule has 0 saturated carbocycles. The van der Waals surface area contributed by atoms with Gasteiger partial charge < -0.3 is 29.0 Å². The van der Waals surface area contributed by atoms with Crippen molar-refractivity contribution in [3.8, 4) is 11.9 Å². The van der Waals surface area contributed by atoms with E-state index in [9.17, 15) is 5.11 Å². The number of fused-ring (bicyclic) bond motifs is 2. The maximum absolute atomic E-state index is 9.85. The van der Waals surface area contributed by atoms with Crippen LogP contribution in [-0.4, -0.2) is 81.7 Å². The first-order valence-electron chi connectivity index (χ1n) is 9.99. The number of aliphatic hydroxyl groups is 1. The van der Waals surface area contributed by atoms with E-state index in [0.717, 1.165) is 25.9 Å². The predicted molar refractivity (Wildman–Crippen MR) is 110 cm³/mol. The molecule has 4 atom stereocenters. The number of nitrogens with one attached hydrogen (secondary N) is 1. The van der Waals surface area contributed by atoms with E-state index < -0.39 is 6.10 Å². The van der Waals surface area contributed by atoms with Gasteiger partial charge in [0.2, 0.25) is 5.88 Å². The van der Waals surface area contributed by atoms with Gasteiger partial charge in [-0.15, -0.1) is 0 Å². The van der Waals surface area contributed by atoms with E-state index in [1.165, 1.54) is 12.1 Å². The molecule has 3 fully saturated rings. The van der Waals surface area contributed by atoms with E-state index in [4.69, 9.17) is 35.7 Å². The van der Waals surface area contributed by atoms with Crippen LogP contribution in [-0.2, 0) is 9.47 Å². The Hall–Kier alpha value is -1.34. The van der Waals surface area contributed by atoms with Gasteiger partial charge in [0.1, 0.15) is 23.3 Å². The average Bonchev–Trinajstić information content (AvgIpc) is 3.44. The molecule has 0 aliphatic carbocycles. The number of aromatic nitrogens is 3. The van der Waals surface area contributed by atoms with Gasteiger partial charge in [-0.1, -0.05) is 11.6 Å². The van der Waals surface area contributed by atoms with E-state index in [-0.39, 0.29) is 24.9 Å². The second-order valence-corrected chi connectivity index (χ2v) is 8.93. The van der Waals surface area contributed by atoms with Crippen molar-refractivity contribution in [2.75, 3.05) is 32.9 Å². The van der Waals surface area contributed by atoms with Gasteiger partial charge in [-0.25, -0.2) is 4.31 Å². The number of ether oxygens (including phenoxy) is 4. The van der Waals surface area contributed by atoms with Crippen LogP contribution in [0.15, 0.2) is 6.07 Å². The normalized spacial score (nSPS) is 30.1. The number of imidazole rings is 1. The van der Waals surface area contributed by atoms with Crippen molar-refractivity contribution in [3.63, 3.8) is 0 Å². The summed E-state index contributed by atoms with van der Waals surface area (Å²) in [5, 5.41) is 15.9. The van der Waals surface area contributed by atoms with E-state index in [1.807, 2.05) is 0 Å². The lowest BCUT2D eigenvalue weighted by molar-refractivity contribution is 0.00706. The zero-order valence-electron chi connectivity index (χ0n) is 16.2. The first kappa shape index (κ1) is 20.6. The van der Waals surface area contributed by atoms with Crippen LogP contribution in [0.25, 0.3) is 11.2 Å². The van der Waals surface area contributed by atoms with Gasteiger partial charge in [0, 0.05) is 25.2 Å². The smallest absolute Gasteiger partial charge is 0.296 e. The van der Waals surface area contributed by atoms with Crippen molar-refractivity contribution < 1.29 is 24.1 Å². The minimum Gasteiger partial charge on any atom is -0.476 e. The third-order valence-corrected chi connectivity index (χ3v) is 6.73. The molecule has 0 spiro atoms. The molecule has 10 nitrogen and oxygen atoms in total. The molecule has 0 amide bonds. The molecule has 0 bridgehead atoms. The Balaban J connectivity index is 1.23. The highest BCUT2D eigenvalue weighted by Crippen LogP contribution is 2.31. The number of rotatable bonds is 6.